The summed E-state index contributed by atoms with van der Waals surface area (Å²) in [7, 11) is 1.59. The molecule has 0 atom stereocenters. The Morgan fingerprint density at radius 1 is 1.17 bits per heavy atom. The molecule has 0 aliphatic heterocycles. The van der Waals surface area contributed by atoms with Crippen LogP contribution in [0.1, 0.15) is 11.4 Å². The monoisotopic (exact) mass is 449 g/mol. The molecule has 1 heterocycles. The minimum absolute atomic E-state index is 0.219. The minimum Gasteiger partial charge on any atom is -0.496 e. The quantitative estimate of drug-likeness (QED) is 0.564. The van der Waals surface area contributed by atoms with Crippen LogP contribution in [0.3, 0.4) is 0 Å². The minimum atomic E-state index is -0.219. The number of halogens is 2. The molecule has 0 saturated heterocycles. The van der Waals surface area contributed by atoms with Crippen LogP contribution in [0.4, 0.5) is 0 Å². The van der Waals surface area contributed by atoms with Crippen LogP contribution in [0.15, 0.2) is 55.2 Å². The Kier molecular flexibility index (Phi) is 4.82. The van der Waals surface area contributed by atoms with Gasteiger partial charge in [-0.3, -0.25) is 4.79 Å². The molecule has 5 nitrogen and oxygen atoms in total. The summed E-state index contributed by atoms with van der Waals surface area (Å²) in [6, 6.07) is 11.0. The third kappa shape index (κ3) is 3.27. The molecule has 0 spiro atoms. The summed E-state index contributed by atoms with van der Waals surface area (Å²) >= 11 is 6.79. The zero-order valence-corrected chi connectivity index (χ0v) is 16.1. The first-order chi connectivity index (χ1) is 11.5. The van der Waals surface area contributed by atoms with Gasteiger partial charge < -0.3 is 4.74 Å². The molecule has 1 aromatic heterocycles. The van der Waals surface area contributed by atoms with Crippen molar-refractivity contribution in [3.05, 3.63) is 67.1 Å². The number of hydrogen-bond acceptors (Lipinski definition) is 4. The first-order valence-corrected chi connectivity index (χ1v) is 8.65. The summed E-state index contributed by atoms with van der Waals surface area (Å²) < 4.78 is 8.32. The largest absolute Gasteiger partial charge is 0.496 e. The molecule has 0 bridgehead atoms. The third-order valence-electron chi connectivity index (χ3n) is 3.47. The van der Waals surface area contributed by atoms with E-state index in [-0.39, 0.29) is 5.56 Å². The van der Waals surface area contributed by atoms with Gasteiger partial charge in [-0.25, -0.2) is 4.98 Å². The van der Waals surface area contributed by atoms with Crippen molar-refractivity contribution in [3.63, 3.8) is 0 Å². The summed E-state index contributed by atoms with van der Waals surface area (Å²) in [5, 5.41) is 4.81. The van der Waals surface area contributed by atoms with Crippen molar-refractivity contribution in [1.82, 2.24) is 9.66 Å². The number of benzene rings is 2. The van der Waals surface area contributed by atoms with E-state index in [2.05, 4.69) is 41.9 Å². The standard InChI is InChI=1S/C17H13Br2N3O2/c1-10-21-15-5-3-13(19)8-14(15)17(23)22(10)20-9-11-7-12(18)4-6-16(11)24-2/h3-9H,1-2H3. The van der Waals surface area contributed by atoms with Crippen molar-refractivity contribution >= 4 is 49.0 Å². The molecule has 0 aliphatic rings. The maximum atomic E-state index is 12.7. The van der Waals surface area contributed by atoms with Crippen molar-refractivity contribution in [2.45, 2.75) is 6.92 Å². The van der Waals surface area contributed by atoms with Gasteiger partial charge in [0.1, 0.15) is 11.6 Å². The number of rotatable bonds is 3. The van der Waals surface area contributed by atoms with E-state index < -0.39 is 0 Å². The van der Waals surface area contributed by atoms with Crippen LogP contribution in [-0.2, 0) is 0 Å². The molecule has 0 amide bonds. The van der Waals surface area contributed by atoms with Gasteiger partial charge in [0.05, 0.1) is 24.2 Å². The van der Waals surface area contributed by atoms with Gasteiger partial charge in [0, 0.05) is 14.5 Å². The fourth-order valence-corrected chi connectivity index (χ4v) is 3.06. The van der Waals surface area contributed by atoms with Gasteiger partial charge in [0.15, 0.2) is 0 Å². The number of hydrogen-bond donors (Lipinski definition) is 0. The highest BCUT2D eigenvalue weighted by Crippen LogP contribution is 2.21. The Bertz CT molecular complexity index is 1010. The maximum absolute atomic E-state index is 12.7. The van der Waals surface area contributed by atoms with Crippen molar-refractivity contribution in [2.24, 2.45) is 5.10 Å². The average Bonchev–Trinajstić information content (AvgIpc) is 2.55. The lowest BCUT2D eigenvalue weighted by molar-refractivity contribution is 0.414. The Morgan fingerprint density at radius 3 is 2.62 bits per heavy atom. The molecule has 24 heavy (non-hydrogen) atoms. The first-order valence-electron chi connectivity index (χ1n) is 7.06. The zero-order chi connectivity index (χ0) is 17.3. The molecular weight excluding hydrogens is 438 g/mol. The molecule has 0 fully saturated rings. The Hall–Kier alpha value is -1.99. The summed E-state index contributed by atoms with van der Waals surface area (Å²) in [4.78, 5) is 17.1. The summed E-state index contributed by atoms with van der Waals surface area (Å²) in [6.45, 7) is 1.75. The zero-order valence-electron chi connectivity index (χ0n) is 13.0. The molecule has 7 heteroatoms. The number of ether oxygens (including phenoxy) is 1. The van der Waals surface area contributed by atoms with Crippen LogP contribution in [0.25, 0.3) is 10.9 Å². The van der Waals surface area contributed by atoms with Gasteiger partial charge in [0.25, 0.3) is 5.56 Å². The highest BCUT2D eigenvalue weighted by atomic mass is 79.9. The van der Waals surface area contributed by atoms with Crippen LogP contribution in [0.2, 0.25) is 0 Å². The lowest BCUT2D eigenvalue weighted by Crippen LogP contribution is -2.20. The van der Waals surface area contributed by atoms with E-state index in [1.54, 1.807) is 32.4 Å². The Morgan fingerprint density at radius 2 is 1.88 bits per heavy atom. The van der Waals surface area contributed by atoms with Gasteiger partial charge in [-0.15, -0.1) is 0 Å². The SMILES string of the molecule is COc1ccc(Br)cc1C=Nn1c(C)nc2ccc(Br)cc2c1=O. The molecule has 0 radical (unpaired) electrons. The molecule has 0 aliphatic carbocycles. The van der Waals surface area contributed by atoms with E-state index in [9.17, 15) is 4.79 Å². The molecule has 2 aromatic carbocycles. The van der Waals surface area contributed by atoms with E-state index in [4.69, 9.17) is 4.74 Å². The molecular formula is C17H13Br2N3O2. The lowest BCUT2D eigenvalue weighted by atomic mass is 10.2. The third-order valence-corrected chi connectivity index (χ3v) is 4.46. The van der Waals surface area contributed by atoms with Gasteiger partial charge in [0.2, 0.25) is 0 Å². The number of aryl methyl sites for hydroxylation is 1. The van der Waals surface area contributed by atoms with E-state index in [0.29, 0.717) is 22.5 Å². The normalized spacial score (nSPS) is 11.3. The second kappa shape index (κ2) is 6.86. The fraction of sp³-hybridized carbons (Fsp3) is 0.118. The van der Waals surface area contributed by atoms with E-state index >= 15 is 0 Å². The van der Waals surface area contributed by atoms with Crippen LogP contribution < -0.4 is 10.3 Å². The molecule has 0 saturated carbocycles. The number of nitrogens with zero attached hydrogens (tertiary/aromatic N) is 3. The number of aromatic nitrogens is 2. The number of fused-ring (bicyclic) bond motifs is 1. The second-order valence-corrected chi connectivity index (χ2v) is 6.90. The van der Waals surface area contributed by atoms with Gasteiger partial charge in [-0.1, -0.05) is 31.9 Å². The second-order valence-electron chi connectivity index (χ2n) is 5.07. The summed E-state index contributed by atoms with van der Waals surface area (Å²) in [6.07, 6.45) is 1.59. The van der Waals surface area contributed by atoms with Crippen LogP contribution >= 0.6 is 31.9 Å². The first kappa shape index (κ1) is 16.9. The van der Waals surface area contributed by atoms with Gasteiger partial charge >= 0.3 is 0 Å². The lowest BCUT2D eigenvalue weighted by Gasteiger charge is -2.07. The van der Waals surface area contributed by atoms with Crippen LogP contribution in [0, 0.1) is 6.92 Å². The topological polar surface area (TPSA) is 56.5 Å². The predicted octanol–water partition coefficient (Wildman–Crippen LogP) is 4.12. The van der Waals surface area contributed by atoms with Gasteiger partial charge in [-0.05, 0) is 43.3 Å². The Labute approximate surface area is 155 Å². The molecule has 0 unspecified atom stereocenters. The van der Waals surface area contributed by atoms with Crippen LogP contribution in [-0.4, -0.2) is 23.0 Å². The van der Waals surface area contributed by atoms with E-state index in [1.807, 2.05) is 24.3 Å². The highest BCUT2D eigenvalue weighted by molar-refractivity contribution is 9.10. The van der Waals surface area contributed by atoms with Crippen molar-refractivity contribution < 1.29 is 4.74 Å². The molecule has 3 rings (SSSR count). The van der Waals surface area contributed by atoms with E-state index in [1.165, 1.54) is 4.68 Å². The summed E-state index contributed by atoms with van der Waals surface area (Å²) in [5.74, 6) is 1.18. The molecule has 0 N–H and O–H groups in total. The highest BCUT2D eigenvalue weighted by Gasteiger charge is 2.08. The molecule has 3 aromatic rings. The predicted molar refractivity (Wildman–Crippen MR) is 102 cm³/mol. The smallest absolute Gasteiger partial charge is 0.282 e. The molecule has 122 valence electrons. The number of methoxy groups -OCH3 is 1. The summed E-state index contributed by atoms with van der Waals surface area (Å²) in [5.41, 5.74) is 1.18. The van der Waals surface area contributed by atoms with Crippen molar-refractivity contribution in [3.8, 4) is 5.75 Å². The maximum Gasteiger partial charge on any atom is 0.282 e. The van der Waals surface area contributed by atoms with Crippen molar-refractivity contribution in [1.29, 1.82) is 0 Å². The van der Waals surface area contributed by atoms with E-state index in [0.717, 1.165) is 14.5 Å². The van der Waals surface area contributed by atoms with Crippen molar-refractivity contribution in [2.75, 3.05) is 7.11 Å². The average molecular weight is 451 g/mol. The Balaban J connectivity index is 2.14. The fourth-order valence-electron chi connectivity index (χ4n) is 2.32. The van der Waals surface area contributed by atoms with Crippen LogP contribution in [0.5, 0.6) is 5.75 Å². The van der Waals surface area contributed by atoms with Gasteiger partial charge in [-0.2, -0.15) is 9.78 Å².